The molecule has 140 valence electrons. The predicted molar refractivity (Wildman–Crippen MR) is 107 cm³/mol. The van der Waals surface area contributed by atoms with E-state index < -0.39 is 5.91 Å². The predicted octanol–water partition coefficient (Wildman–Crippen LogP) is 4.02. The molecule has 28 heavy (non-hydrogen) atoms. The Balaban J connectivity index is 1.48. The molecule has 0 aromatic heterocycles. The van der Waals surface area contributed by atoms with E-state index in [0.29, 0.717) is 18.2 Å². The molecule has 0 spiro atoms. The van der Waals surface area contributed by atoms with E-state index in [-0.39, 0.29) is 11.4 Å². The highest BCUT2D eigenvalue weighted by atomic mass is 16.7. The standard InChI is InChI=1S/C22H19N3O3/c1-14-5-3-4-6-17(14)13-27-18-9-7-16(8-10-18)12-19-21(23)25-20(24-22(19)26)11-15(2)28-25/h3-12,23H,13H2,1-2H3/b19-12+,23-21?. The van der Waals surface area contributed by atoms with Crippen LogP contribution in [-0.2, 0) is 16.2 Å². The molecule has 0 fully saturated rings. The third-order valence-electron chi connectivity index (χ3n) is 4.53. The maximum Gasteiger partial charge on any atom is 0.282 e. The number of nitrogens with zero attached hydrogens (tertiary/aromatic N) is 2. The SMILES string of the molecule is CC1=CC2=NC(=O)/C(=C/c3ccc(OCc4ccccc4C)cc3)C(=N)N2O1. The third-order valence-corrected chi connectivity index (χ3v) is 4.53. The summed E-state index contributed by atoms with van der Waals surface area (Å²) < 4.78 is 5.84. The fourth-order valence-corrected chi connectivity index (χ4v) is 2.96. The molecule has 0 atom stereocenters. The van der Waals surface area contributed by atoms with Crippen LogP contribution < -0.4 is 4.74 Å². The summed E-state index contributed by atoms with van der Waals surface area (Å²) in [7, 11) is 0. The van der Waals surface area contributed by atoms with Gasteiger partial charge >= 0.3 is 0 Å². The second kappa shape index (κ2) is 7.15. The quantitative estimate of drug-likeness (QED) is 0.821. The smallest absolute Gasteiger partial charge is 0.282 e. The Kier molecular flexibility index (Phi) is 4.53. The number of nitrogens with one attached hydrogen (secondary N) is 1. The Morgan fingerprint density at radius 2 is 1.89 bits per heavy atom. The van der Waals surface area contributed by atoms with E-state index in [1.807, 2.05) is 42.5 Å². The molecular weight excluding hydrogens is 354 g/mol. The Morgan fingerprint density at radius 1 is 1.14 bits per heavy atom. The first-order valence-corrected chi connectivity index (χ1v) is 8.89. The number of aryl methyl sites for hydroxylation is 1. The van der Waals surface area contributed by atoms with Crippen molar-refractivity contribution < 1.29 is 14.4 Å². The number of benzene rings is 2. The molecule has 2 aliphatic rings. The van der Waals surface area contributed by atoms with Gasteiger partial charge in [-0.1, -0.05) is 36.4 Å². The van der Waals surface area contributed by atoms with Gasteiger partial charge in [-0.15, -0.1) is 5.06 Å². The molecule has 0 aliphatic carbocycles. The van der Waals surface area contributed by atoms with Crippen molar-refractivity contribution in [2.75, 3.05) is 0 Å². The van der Waals surface area contributed by atoms with Crippen LogP contribution in [0.1, 0.15) is 23.6 Å². The highest BCUT2D eigenvalue weighted by Crippen LogP contribution is 2.24. The minimum atomic E-state index is -0.453. The summed E-state index contributed by atoms with van der Waals surface area (Å²) >= 11 is 0. The van der Waals surface area contributed by atoms with Crippen LogP contribution >= 0.6 is 0 Å². The first-order valence-electron chi connectivity index (χ1n) is 8.89. The van der Waals surface area contributed by atoms with Gasteiger partial charge in [0.25, 0.3) is 5.91 Å². The van der Waals surface area contributed by atoms with Crippen LogP contribution in [0.2, 0.25) is 0 Å². The van der Waals surface area contributed by atoms with Crippen LogP contribution in [0.15, 0.2) is 70.9 Å². The maximum atomic E-state index is 12.3. The number of amidine groups is 2. The number of rotatable bonds is 4. The molecule has 0 saturated carbocycles. The summed E-state index contributed by atoms with van der Waals surface area (Å²) in [4.78, 5) is 21.7. The number of hydroxylamine groups is 2. The highest BCUT2D eigenvalue weighted by molar-refractivity contribution is 6.32. The molecule has 0 saturated heterocycles. The van der Waals surface area contributed by atoms with Gasteiger partial charge in [-0.2, -0.15) is 4.99 Å². The first kappa shape index (κ1) is 17.7. The number of allylic oxidation sites excluding steroid dienone is 1. The number of amides is 1. The number of aliphatic imine (C=N–C) groups is 1. The third kappa shape index (κ3) is 3.44. The zero-order valence-corrected chi connectivity index (χ0v) is 15.6. The number of hydrogen-bond donors (Lipinski definition) is 1. The molecular formula is C22H19N3O3. The van der Waals surface area contributed by atoms with Crippen LogP contribution in [0.4, 0.5) is 0 Å². The average Bonchev–Trinajstić information content (AvgIpc) is 3.06. The molecule has 2 aromatic carbocycles. The Bertz CT molecular complexity index is 1050. The van der Waals surface area contributed by atoms with Crippen LogP contribution in [0.25, 0.3) is 6.08 Å². The lowest BCUT2D eigenvalue weighted by atomic mass is 10.1. The van der Waals surface area contributed by atoms with Gasteiger partial charge in [0.05, 0.1) is 5.57 Å². The summed E-state index contributed by atoms with van der Waals surface area (Å²) in [5.41, 5.74) is 3.28. The van der Waals surface area contributed by atoms with E-state index in [4.69, 9.17) is 15.0 Å². The molecule has 0 unspecified atom stereocenters. The van der Waals surface area contributed by atoms with E-state index in [2.05, 4.69) is 18.0 Å². The average molecular weight is 373 g/mol. The molecule has 2 aromatic rings. The Morgan fingerprint density at radius 3 is 2.64 bits per heavy atom. The zero-order chi connectivity index (χ0) is 19.7. The molecule has 6 heteroatoms. The monoisotopic (exact) mass is 373 g/mol. The van der Waals surface area contributed by atoms with Crippen molar-refractivity contribution in [3.05, 3.63) is 82.6 Å². The minimum absolute atomic E-state index is 0.0250. The summed E-state index contributed by atoms with van der Waals surface area (Å²) in [6.07, 6.45) is 3.26. The lowest BCUT2D eigenvalue weighted by Crippen LogP contribution is -2.38. The fraction of sp³-hybridized carbons (Fsp3) is 0.136. The Labute approximate surface area is 162 Å². The molecule has 6 nitrogen and oxygen atoms in total. The van der Waals surface area contributed by atoms with Crippen LogP contribution in [0, 0.1) is 12.3 Å². The van der Waals surface area contributed by atoms with Crippen LogP contribution in [0.3, 0.4) is 0 Å². The van der Waals surface area contributed by atoms with Crippen molar-refractivity contribution >= 4 is 23.7 Å². The summed E-state index contributed by atoms with van der Waals surface area (Å²) in [6.45, 7) is 4.29. The fourth-order valence-electron chi connectivity index (χ4n) is 2.96. The van der Waals surface area contributed by atoms with Crippen molar-refractivity contribution in [3.63, 3.8) is 0 Å². The van der Waals surface area contributed by atoms with Crippen molar-refractivity contribution in [2.45, 2.75) is 20.5 Å². The van der Waals surface area contributed by atoms with Crippen molar-refractivity contribution in [1.82, 2.24) is 5.06 Å². The molecule has 0 radical (unpaired) electrons. The number of carbonyl (C=O) groups is 1. The van der Waals surface area contributed by atoms with Crippen molar-refractivity contribution in [2.24, 2.45) is 4.99 Å². The van der Waals surface area contributed by atoms with E-state index in [1.165, 1.54) is 10.6 Å². The van der Waals surface area contributed by atoms with Gasteiger partial charge in [-0.25, -0.2) is 0 Å². The van der Waals surface area contributed by atoms with Gasteiger partial charge in [0.2, 0.25) is 0 Å². The summed E-state index contributed by atoms with van der Waals surface area (Å²) in [5.74, 6) is 1.18. The van der Waals surface area contributed by atoms with E-state index in [1.54, 1.807) is 19.1 Å². The molecule has 1 N–H and O–H groups in total. The normalized spacial score (nSPS) is 17.2. The molecule has 2 heterocycles. The summed E-state index contributed by atoms with van der Waals surface area (Å²) in [6, 6.07) is 15.5. The highest BCUT2D eigenvalue weighted by Gasteiger charge is 2.34. The Hall–Kier alpha value is -3.67. The van der Waals surface area contributed by atoms with Crippen molar-refractivity contribution in [1.29, 1.82) is 5.41 Å². The number of hydrogen-bond acceptors (Lipinski definition) is 4. The van der Waals surface area contributed by atoms with Crippen LogP contribution in [0.5, 0.6) is 5.75 Å². The second-order valence-corrected chi connectivity index (χ2v) is 6.61. The lowest BCUT2D eigenvalue weighted by Gasteiger charge is -2.22. The van der Waals surface area contributed by atoms with Crippen molar-refractivity contribution in [3.8, 4) is 5.75 Å². The van der Waals surface area contributed by atoms with E-state index >= 15 is 0 Å². The van der Waals surface area contributed by atoms with Crippen LogP contribution in [-0.4, -0.2) is 22.6 Å². The minimum Gasteiger partial charge on any atom is -0.489 e. The maximum absolute atomic E-state index is 12.3. The van der Waals surface area contributed by atoms with Gasteiger partial charge < -0.3 is 9.57 Å². The van der Waals surface area contributed by atoms with Gasteiger partial charge in [0.15, 0.2) is 11.7 Å². The summed E-state index contributed by atoms with van der Waals surface area (Å²) in [5, 5.41) is 9.49. The van der Waals surface area contributed by atoms with Gasteiger partial charge in [0.1, 0.15) is 18.1 Å². The number of fused-ring (bicyclic) bond motifs is 1. The van der Waals surface area contributed by atoms with Gasteiger partial charge in [-0.3, -0.25) is 10.2 Å². The largest absolute Gasteiger partial charge is 0.489 e. The molecule has 4 rings (SSSR count). The number of ether oxygens (including phenoxy) is 1. The van der Waals surface area contributed by atoms with Gasteiger partial charge in [-0.05, 0) is 48.7 Å². The second-order valence-electron chi connectivity index (χ2n) is 6.61. The topological polar surface area (TPSA) is 75.0 Å². The number of carbonyl (C=O) groups excluding carboxylic acids is 1. The molecule has 2 aliphatic heterocycles. The molecule has 1 amide bonds. The van der Waals surface area contributed by atoms with E-state index in [0.717, 1.165) is 16.9 Å². The van der Waals surface area contributed by atoms with E-state index in [9.17, 15) is 4.79 Å². The lowest BCUT2D eigenvalue weighted by molar-refractivity contribution is -0.114. The van der Waals surface area contributed by atoms with Gasteiger partial charge in [0, 0.05) is 6.08 Å². The molecule has 0 bridgehead atoms. The zero-order valence-electron chi connectivity index (χ0n) is 15.6. The first-order chi connectivity index (χ1) is 13.5.